The van der Waals surface area contributed by atoms with Crippen LogP contribution in [-0.2, 0) is 4.79 Å². The maximum absolute atomic E-state index is 11.6. The van der Waals surface area contributed by atoms with Crippen LogP contribution < -0.4 is 10.4 Å². The molecule has 116 valence electrons. The minimum absolute atomic E-state index is 0.219. The Labute approximate surface area is 132 Å². The van der Waals surface area contributed by atoms with Crippen LogP contribution >= 0.6 is 0 Å². The molecule has 0 aliphatic carbocycles. The first-order valence-corrected chi connectivity index (χ1v) is 7.23. The molecule has 6 heteroatoms. The molecule has 0 aliphatic heterocycles. The molecule has 2 heterocycles. The van der Waals surface area contributed by atoms with Crippen molar-refractivity contribution in [1.29, 1.82) is 0 Å². The van der Waals surface area contributed by atoms with Gasteiger partial charge in [-0.1, -0.05) is 48.2 Å². The van der Waals surface area contributed by atoms with Gasteiger partial charge in [-0.15, -0.1) is 5.10 Å². The molecule has 0 bridgehead atoms. The Morgan fingerprint density at radius 1 is 1.17 bits per heavy atom. The quantitative estimate of drug-likeness (QED) is 0.802. The molecular formula is C17H15N3O3. The number of hydrogen-bond acceptors (Lipinski definition) is 4. The van der Waals surface area contributed by atoms with E-state index < -0.39 is 5.97 Å². The van der Waals surface area contributed by atoms with Crippen LogP contribution in [0.15, 0.2) is 59.4 Å². The standard InChI is InChI=1S/C17H15N3O3/c1-2-17(22)23-20-15(12-7-4-3-5-8-12)11-14(19-20)13-9-6-10-16(21)18-13/h3-11H,2H2,1H3,(H,18,21). The SMILES string of the molecule is CCC(=O)On1nc(-c2cccc(=O)[nH]2)cc1-c1ccccc1. The van der Waals surface area contributed by atoms with Gasteiger partial charge in [0.05, 0.1) is 5.69 Å². The van der Waals surface area contributed by atoms with Crippen LogP contribution in [0.4, 0.5) is 0 Å². The minimum Gasteiger partial charge on any atom is -0.321 e. The van der Waals surface area contributed by atoms with Crippen molar-refractivity contribution in [2.75, 3.05) is 0 Å². The Bertz CT molecular complexity index is 881. The fourth-order valence-corrected chi connectivity index (χ4v) is 2.13. The molecule has 3 aromatic rings. The molecule has 0 aliphatic rings. The average molecular weight is 309 g/mol. The highest BCUT2D eigenvalue weighted by molar-refractivity contribution is 5.71. The van der Waals surface area contributed by atoms with Gasteiger partial charge in [-0.25, -0.2) is 4.79 Å². The van der Waals surface area contributed by atoms with Gasteiger partial charge < -0.3 is 9.82 Å². The summed E-state index contributed by atoms with van der Waals surface area (Å²) in [4.78, 5) is 32.3. The van der Waals surface area contributed by atoms with Crippen molar-refractivity contribution in [3.63, 3.8) is 0 Å². The van der Waals surface area contributed by atoms with E-state index in [2.05, 4.69) is 10.1 Å². The summed E-state index contributed by atoms with van der Waals surface area (Å²) in [6.07, 6.45) is 0.242. The number of carbonyl (C=O) groups excluding carboxylic acids is 1. The zero-order valence-electron chi connectivity index (χ0n) is 12.5. The lowest BCUT2D eigenvalue weighted by Crippen LogP contribution is -2.20. The Morgan fingerprint density at radius 2 is 1.96 bits per heavy atom. The highest BCUT2D eigenvalue weighted by Gasteiger charge is 2.15. The second-order valence-electron chi connectivity index (χ2n) is 4.90. The average Bonchev–Trinajstić information content (AvgIpc) is 2.99. The molecule has 6 nitrogen and oxygen atoms in total. The van der Waals surface area contributed by atoms with Crippen molar-refractivity contribution in [2.45, 2.75) is 13.3 Å². The Morgan fingerprint density at radius 3 is 2.65 bits per heavy atom. The van der Waals surface area contributed by atoms with Crippen LogP contribution in [0.2, 0.25) is 0 Å². The van der Waals surface area contributed by atoms with Gasteiger partial charge >= 0.3 is 5.97 Å². The molecule has 1 aromatic carbocycles. The summed E-state index contributed by atoms with van der Waals surface area (Å²) < 4.78 is 0. The Balaban J connectivity index is 2.10. The molecule has 0 unspecified atom stereocenters. The first kappa shape index (κ1) is 14.8. The molecule has 0 spiro atoms. The van der Waals surface area contributed by atoms with E-state index in [1.807, 2.05) is 30.3 Å². The number of rotatable bonds is 4. The molecule has 0 saturated heterocycles. The zero-order valence-corrected chi connectivity index (χ0v) is 12.5. The molecule has 0 atom stereocenters. The fraction of sp³-hybridized carbons (Fsp3) is 0.118. The topological polar surface area (TPSA) is 77.0 Å². The van der Waals surface area contributed by atoms with Gasteiger partial charge in [0.25, 0.3) is 0 Å². The summed E-state index contributed by atoms with van der Waals surface area (Å²) >= 11 is 0. The number of benzene rings is 1. The number of H-pyrrole nitrogens is 1. The lowest BCUT2D eigenvalue weighted by Gasteiger charge is -2.06. The van der Waals surface area contributed by atoms with Crippen molar-refractivity contribution >= 4 is 5.97 Å². The van der Waals surface area contributed by atoms with E-state index in [-0.39, 0.29) is 12.0 Å². The van der Waals surface area contributed by atoms with Crippen molar-refractivity contribution < 1.29 is 9.63 Å². The largest absolute Gasteiger partial charge is 0.334 e. The van der Waals surface area contributed by atoms with Crippen LogP contribution in [0.5, 0.6) is 0 Å². The van der Waals surface area contributed by atoms with E-state index in [0.717, 1.165) is 5.56 Å². The highest BCUT2D eigenvalue weighted by atomic mass is 16.7. The van der Waals surface area contributed by atoms with Crippen LogP contribution in [0.25, 0.3) is 22.6 Å². The molecule has 2 aromatic heterocycles. The second-order valence-corrected chi connectivity index (χ2v) is 4.90. The van der Waals surface area contributed by atoms with Gasteiger partial charge in [-0.3, -0.25) is 4.79 Å². The van der Waals surface area contributed by atoms with Crippen molar-refractivity contribution in [1.82, 2.24) is 14.9 Å². The second kappa shape index (κ2) is 6.31. The minimum atomic E-state index is -0.390. The normalized spacial score (nSPS) is 10.5. The van der Waals surface area contributed by atoms with Crippen LogP contribution in [0, 0.1) is 0 Å². The van der Waals surface area contributed by atoms with Gasteiger partial charge in [-0.05, 0) is 12.1 Å². The monoisotopic (exact) mass is 309 g/mol. The molecular weight excluding hydrogens is 294 g/mol. The van der Waals surface area contributed by atoms with E-state index in [1.54, 1.807) is 25.1 Å². The summed E-state index contributed by atoms with van der Waals surface area (Å²) in [6.45, 7) is 1.71. The van der Waals surface area contributed by atoms with Gasteiger partial charge in [-0.2, -0.15) is 0 Å². The number of pyridine rings is 1. The fourth-order valence-electron chi connectivity index (χ4n) is 2.13. The molecule has 0 saturated carbocycles. The van der Waals surface area contributed by atoms with Gasteiger partial charge in [0.15, 0.2) is 0 Å². The summed E-state index contributed by atoms with van der Waals surface area (Å²) in [5.74, 6) is -0.390. The first-order valence-electron chi connectivity index (χ1n) is 7.23. The van der Waals surface area contributed by atoms with Gasteiger partial charge in [0.1, 0.15) is 11.4 Å². The van der Waals surface area contributed by atoms with E-state index in [0.29, 0.717) is 17.1 Å². The van der Waals surface area contributed by atoms with Crippen molar-refractivity contribution in [3.8, 4) is 22.6 Å². The summed E-state index contributed by atoms with van der Waals surface area (Å²) in [6, 6.07) is 16.0. The Kier molecular flexibility index (Phi) is 4.05. The van der Waals surface area contributed by atoms with E-state index in [1.165, 1.54) is 10.9 Å². The van der Waals surface area contributed by atoms with Crippen LogP contribution in [0.1, 0.15) is 13.3 Å². The van der Waals surface area contributed by atoms with Crippen molar-refractivity contribution in [3.05, 3.63) is 65.0 Å². The number of nitrogens with one attached hydrogen (secondary N) is 1. The molecule has 0 radical (unpaired) electrons. The first-order chi connectivity index (χ1) is 11.2. The number of aromatic amines is 1. The number of aromatic nitrogens is 3. The highest BCUT2D eigenvalue weighted by Crippen LogP contribution is 2.24. The molecule has 1 N–H and O–H groups in total. The molecule has 0 fully saturated rings. The predicted molar refractivity (Wildman–Crippen MR) is 85.6 cm³/mol. The molecule has 3 rings (SSSR count). The maximum Gasteiger partial charge on any atom is 0.334 e. The predicted octanol–water partition coefficient (Wildman–Crippen LogP) is 2.27. The molecule has 23 heavy (non-hydrogen) atoms. The lowest BCUT2D eigenvalue weighted by molar-refractivity contribution is -0.145. The third-order valence-electron chi connectivity index (χ3n) is 3.27. The van der Waals surface area contributed by atoms with E-state index >= 15 is 0 Å². The summed E-state index contributed by atoms with van der Waals surface area (Å²) in [5.41, 5.74) is 2.34. The number of carbonyl (C=O) groups is 1. The third kappa shape index (κ3) is 3.21. The zero-order chi connectivity index (χ0) is 16.2. The summed E-state index contributed by atoms with van der Waals surface area (Å²) in [7, 11) is 0. The lowest BCUT2D eigenvalue weighted by atomic mass is 10.1. The van der Waals surface area contributed by atoms with E-state index in [4.69, 9.17) is 4.84 Å². The number of nitrogens with zero attached hydrogens (tertiary/aromatic N) is 2. The van der Waals surface area contributed by atoms with Crippen LogP contribution in [-0.4, -0.2) is 20.9 Å². The van der Waals surface area contributed by atoms with Crippen LogP contribution in [0.3, 0.4) is 0 Å². The maximum atomic E-state index is 11.6. The van der Waals surface area contributed by atoms with Crippen molar-refractivity contribution in [2.24, 2.45) is 0 Å². The van der Waals surface area contributed by atoms with E-state index in [9.17, 15) is 9.59 Å². The smallest absolute Gasteiger partial charge is 0.321 e. The third-order valence-corrected chi connectivity index (χ3v) is 3.27. The van der Waals surface area contributed by atoms with Gasteiger partial charge in [0.2, 0.25) is 5.56 Å². The van der Waals surface area contributed by atoms with Gasteiger partial charge in [0, 0.05) is 18.1 Å². The molecule has 0 amide bonds. The summed E-state index contributed by atoms with van der Waals surface area (Å²) in [5, 5.41) is 4.29. The Hall–Kier alpha value is -3.15. The number of hydrogen-bond donors (Lipinski definition) is 1.